The minimum absolute atomic E-state index is 0.142. The number of carbonyl (C=O) groups excluding carboxylic acids is 3. The van der Waals surface area contributed by atoms with Gasteiger partial charge >= 0.3 is 11.9 Å². The molecule has 79 heavy (non-hydrogen) atoms. The number of aliphatic carboxylic acids is 1. The summed E-state index contributed by atoms with van der Waals surface area (Å²) >= 11 is 0. The fourth-order valence-electron chi connectivity index (χ4n) is 9.38. The lowest BCUT2D eigenvalue weighted by molar-refractivity contribution is -0.870. The second kappa shape index (κ2) is 60.8. The number of allylic oxidation sites excluding steroid dienone is 12. The normalized spacial score (nSPS) is 13.2. The number of quaternary nitrogens is 1. The number of nitrogens with zero attached hydrogens (tertiary/aromatic N) is 1. The van der Waals surface area contributed by atoms with Crippen LogP contribution in [-0.4, -0.2) is 82.3 Å². The molecule has 0 aromatic rings. The summed E-state index contributed by atoms with van der Waals surface area (Å²) in [4.78, 5) is 37.4. The van der Waals surface area contributed by atoms with Crippen LogP contribution in [0.1, 0.15) is 296 Å². The lowest BCUT2D eigenvalue weighted by Gasteiger charge is -2.26. The Morgan fingerprint density at radius 2 is 0.722 bits per heavy atom. The highest BCUT2D eigenvalue weighted by Crippen LogP contribution is 2.17. The van der Waals surface area contributed by atoms with E-state index in [4.69, 9.17) is 18.9 Å². The molecular formula is C70H125NO8. The monoisotopic (exact) mass is 1110 g/mol. The van der Waals surface area contributed by atoms with Gasteiger partial charge in [0.1, 0.15) is 13.2 Å². The highest BCUT2D eigenvalue weighted by atomic mass is 16.7. The molecule has 0 amide bonds. The highest BCUT2D eigenvalue weighted by molar-refractivity contribution is 5.70. The molecule has 0 aromatic heterocycles. The van der Waals surface area contributed by atoms with E-state index in [0.29, 0.717) is 17.4 Å². The molecule has 0 saturated heterocycles. The van der Waals surface area contributed by atoms with Crippen molar-refractivity contribution in [2.45, 2.75) is 309 Å². The average molecular weight is 1110 g/mol. The van der Waals surface area contributed by atoms with E-state index in [0.717, 1.165) is 83.5 Å². The summed E-state index contributed by atoms with van der Waals surface area (Å²) < 4.78 is 22.7. The molecule has 0 bridgehead atoms. The molecule has 0 spiro atoms. The molecular weight excluding hydrogens is 983 g/mol. The van der Waals surface area contributed by atoms with Crippen LogP contribution in [0.2, 0.25) is 0 Å². The fourth-order valence-corrected chi connectivity index (χ4v) is 9.38. The van der Waals surface area contributed by atoms with Gasteiger partial charge in [-0.15, -0.1) is 0 Å². The van der Waals surface area contributed by atoms with E-state index in [2.05, 4.69) is 86.8 Å². The molecule has 0 rings (SSSR count). The van der Waals surface area contributed by atoms with Crippen LogP contribution in [-0.2, 0) is 33.3 Å². The number of esters is 2. The van der Waals surface area contributed by atoms with Crippen molar-refractivity contribution in [2.24, 2.45) is 0 Å². The molecule has 458 valence electrons. The smallest absolute Gasteiger partial charge is 0.306 e. The van der Waals surface area contributed by atoms with E-state index in [1.807, 2.05) is 21.1 Å². The number of likely N-dealkylation sites (N-methyl/N-ethyl adjacent to an activating group) is 1. The van der Waals surface area contributed by atoms with Crippen molar-refractivity contribution < 1.29 is 42.9 Å². The first kappa shape index (κ1) is 75.7. The molecule has 0 aliphatic carbocycles. The Kier molecular flexibility index (Phi) is 58.3. The third-order valence-corrected chi connectivity index (χ3v) is 14.4. The van der Waals surface area contributed by atoms with E-state index in [-0.39, 0.29) is 38.6 Å². The largest absolute Gasteiger partial charge is 0.545 e. The highest BCUT2D eigenvalue weighted by Gasteiger charge is 2.22. The van der Waals surface area contributed by atoms with Crippen molar-refractivity contribution in [2.75, 3.05) is 47.5 Å². The predicted octanol–water partition coefficient (Wildman–Crippen LogP) is 18.8. The third kappa shape index (κ3) is 62.2. The number of rotatable bonds is 61. The van der Waals surface area contributed by atoms with Gasteiger partial charge in [-0.3, -0.25) is 9.59 Å². The Morgan fingerprint density at radius 1 is 0.392 bits per heavy atom. The summed E-state index contributed by atoms with van der Waals surface area (Å²) in [6.45, 7) is 4.64. The van der Waals surface area contributed by atoms with Gasteiger partial charge in [0.2, 0.25) is 0 Å². The van der Waals surface area contributed by atoms with Crippen LogP contribution in [0.4, 0.5) is 0 Å². The van der Waals surface area contributed by atoms with Gasteiger partial charge in [0.15, 0.2) is 12.4 Å². The molecule has 2 atom stereocenters. The molecule has 0 aliphatic rings. The zero-order chi connectivity index (χ0) is 57.6. The molecule has 0 heterocycles. The molecule has 2 unspecified atom stereocenters. The maximum Gasteiger partial charge on any atom is 0.306 e. The molecule has 0 radical (unpaired) electrons. The van der Waals surface area contributed by atoms with Gasteiger partial charge in [-0.1, -0.05) is 273 Å². The van der Waals surface area contributed by atoms with Gasteiger partial charge in [0.25, 0.3) is 0 Å². The molecule has 9 heteroatoms. The summed E-state index contributed by atoms with van der Waals surface area (Å²) in [7, 11) is 5.92. The second-order valence-electron chi connectivity index (χ2n) is 23.4. The van der Waals surface area contributed by atoms with Crippen LogP contribution < -0.4 is 5.11 Å². The van der Waals surface area contributed by atoms with Gasteiger partial charge < -0.3 is 33.3 Å². The summed E-state index contributed by atoms with van der Waals surface area (Å²) in [5.74, 6) is -2.30. The van der Waals surface area contributed by atoms with E-state index >= 15 is 0 Å². The van der Waals surface area contributed by atoms with Crippen LogP contribution in [0.15, 0.2) is 72.9 Å². The number of hydrogen-bond donors (Lipinski definition) is 0. The topological polar surface area (TPSA) is 111 Å². The lowest BCUT2D eigenvalue weighted by Crippen LogP contribution is -2.44. The van der Waals surface area contributed by atoms with E-state index < -0.39 is 24.3 Å². The number of unbranched alkanes of at least 4 members (excludes halogenated alkanes) is 34. The molecule has 9 nitrogen and oxygen atoms in total. The van der Waals surface area contributed by atoms with E-state index in [1.54, 1.807) is 0 Å². The van der Waals surface area contributed by atoms with Crippen molar-refractivity contribution in [3.05, 3.63) is 72.9 Å². The summed E-state index contributed by atoms with van der Waals surface area (Å²) in [6.07, 6.45) is 77.0. The van der Waals surface area contributed by atoms with Crippen molar-refractivity contribution in [3.63, 3.8) is 0 Å². The summed E-state index contributed by atoms with van der Waals surface area (Å²) in [6, 6.07) is 0. The molecule has 0 aliphatic heterocycles. The van der Waals surface area contributed by atoms with Crippen LogP contribution >= 0.6 is 0 Å². The van der Waals surface area contributed by atoms with E-state index in [9.17, 15) is 19.5 Å². The van der Waals surface area contributed by atoms with Crippen molar-refractivity contribution in [3.8, 4) is 0 Å². The molecule has 0 aromatic carbocycles. The zero-order valence-electron chi connectivity index (χ0n) is 52.2. The predicted molar refractivity (Wildman–Crippen MR) is 334 cm³/mol. The van der Waals surface area contributed by atoms with Crippen molar-refractivity contribution in [1.82, 2.24) is 0 Å². The quantitative estimate of drug-likeness (QED) is 0.0195. The van der Waals surface area contributed by atoms with Gasteiger partial charge in [-0.25, -0.2) is 0 Å². The first-order valence-corrected chi connectivity index (χ1v) is 33.1. The van der Waals surface area contributed by atoms with Crippen LogP contribution in [0.5, 0.6) is 0 Å². The lowest BCUT2D eigenvalue weighted by atomic mass is 10.0. The minimum atomic E-state index is -1.63. The van der Waals surface area contributed by atoms with Gasteiger partial charge in [0.05, 0.1) is 40.3 Å². The zero-order valence-corrected chi connectivity index (χ0v) is 52.2. The Hall–Kier alpha value is -3.27. The molecule has 0 N–H and O–H groups in total. The molecule has 0 fully saturated rings. The van der Waals surface area contributed by atoms with E-state index in [1.165, 1.54) is 180 Å². The van der Waals surface area contributed by atoms with Gasteiger partial charge in [-0.05, 0) is 83.5 Å². The van der Waals surface area contributed by atoms with Crippen LogP contribution in [0.3, 0.4) is 0 Å². The number of carboxylic acids is 1. The number of hydrogen-bond acceptors (Lipinski definition) is 8. The Balaban J connectivity index is 4.10. The standard InChI is InChI=1S/C70H125NO8/c1-6-8-10-12-14-16-18-20-22-24-26-28-29-30-31-32-33-34-35-36-37-38-39-41-42-44-46-48-50-52-54-56-58-60-67(72)77-64-66(65-78-70(69(74)75)76-63-62-71(3,4)5)79-68(73)61-59-57-55-53-51-49-47-45-43-40-27-25-23-21-19-17-15-13-11-9-7-2/h9,11,15,17,21,23-24,26-27,40,45,47,66,70H,6-8,10,12-14,16,18-20,22,25,28-39,41-44,46,48-65H2,1-5H3/b11-9-,17-15-,23-21-,26-24-,40-27-,47-45-. The van der Waals surface area contributed by atoms with Crippen molar-refractivity contribution >= 4 is 17.9 Å². The number of ether oxygens (including phenoxy) is 4. The van der Waals surface area contributed by atoms with Crippen molar-refractivity contribution in [1.29, 1.82) is 0 Å². The maximum atomic E-state index is 12.9. The summed E-state index contributed by atoms with van der Waals surface area (Å²) in [5.41, 5.74) is 0. The Morgan fingerprint density at radius 3 is 1.09 bits per heavy atom. The minimum Gasteiger partial charge on any atom is -0.545 e. The summed E-state index contributed by atoms with van der Waals surface area (Å²) in [5, 5.41) is 11.8. The number of carbonyl (C=O) groups is 3. The van der Waals surface area contributed by atoms with Crippen LogP contribution in [0.25, 0.3) is 0 Å². The third-order valence-electron chi connectivity index (χ3n) is 14.4. The van der Waals surface area contributed by atoms with Gasteiger partial charge in [0, 0.05) is 12.8 Å². The second-order valence-corrected chi connectivity index (χ2v) is 23.4. The first-order valence-electron chi connectivity index (χ1n) is 33.1. The maximum absolute atomic E-state index is 12.9. The SMILES string of the molecule is CC/C=C\C/C=C\C/C=C\C/C=C\C/C=C\CCCCCCCC(=O)OC(COC(=O)CCCCCCCCCCCCCCCCCCCCCCC/C=C\CCCCCCCCCC)COC(OCC[N+](C)(C)C)C(=O)[O-]. The number of carboxylic acid groups (broad SMARTS) is 1. The van der Waals surface area contributed by atoms with Crippen LogP contribution in [0, 0.1) is 0 Å². The fraction of sp³-hybridized carbons (Fsp3) is 0.786. The van der Waals surface area contributed by atoms with Gasteiger partial charge in [-0.2, -0.15) is 0 Å². The molecule has 0 saturated carbocycles. The Labute approximate surface area is 487 Å². The first-order chi connectivity index (χ1) is 38.6. The average Bonchev–Trinajstić information content (AvgIpc) is 3.42. The Bertz CT molecular complexity index is 1520.